The lowest BCUT2D eigenvalue weighted by Gasteiger charge is -2.32. The van der Waals surface area contributed by atoms with Gasteiger partial charge >= 0.3 is 0 Å². The molecule has 0 saturated carbocycles. The fourth-order valence-electron chi connectivity index (χ4n) is 3.86. The minimum absolute atomic E-state index is 0.0802. The van der Waals surface area contributed by atoms with Gasteiger partial charge in [-0.05, 0) is 58.4 Å². The van der Waals surface area contributed by atoms with Gasteiger partial charge in [0.25, 0.3) is 0 Å². The Kier molecular flexibility index (Phi) is 6.82. The highest BCUT2D eigenvalue weighted by atomic mass is 16.7. The van der Waals surface area contributed by atoms with Crippen molar-refractivity contribution >= 4 is 10.8 Å². The molecule has 3 aromatic rings. The molecule has 0 radical (unpaired) electrons. The van der Waals surface area contributed by atoms with Gasteiger partial charge in [0.15, 0.2) is 11.5 Å². The van der Waals surface area contributed by atoms with E-state index in [-0.39, 0.29) is 29.3 Å². The van der Waals surface area contributed by atoms with E-state index in [1.807, 2.05) is 30.3 Å². The Morgan fingerprint density at radius 1 is 0.794 bits per heavy atom. The van der Waals surface area contributed by atoms with Crippen LogP contribution in [0.2, 0.25) is 0 Å². The molecule has 4 heteroatoms. The molecule has 4 nitrogen and oxygen atoms in total. The van der Waals surface area contributed by atoms with E-state index in [1.54, 1.807) is 0 Å². The van der Waals surface area contributed by atoms with Crippen LogP contribution in [0.3, 0.4) is 0 Å². The standard InChI is InChI=1S/C30H38O4/c1-20(29(2,3)4)31-19-21-12-15-25-26(16-21)34-28(33-25)18-27(30(5,6)7)32-24-14-13-22-10-8-9-11-23(22)17-24/h8-17,20,27-28H,18-19H2,1-7H3. The Bertz CT molecular complexity index is 1120. The van der Waals surface area contributed by atoms with Crippen LogP contribution in [0.25, 0.3) is 10.8 Å². The summed E-state index contributed by atoms with van der Waals surface area (Å²) in [6.07, 6.45) is 0.316. The Morgan fingerprint density at radius 2 is 1.50 bits per heavy atom. The highest BCUT2D eigenvalue weighted by Gasteiger charge is 2.34. The van der Waals surface area contributed by atoms with Crippen molar-refractivity contribution in [3.05, 3.63) is 66.2 Å². The van der Waals surface area contributed by atoms with Crippen LogP contribution < -0.4 is 14.2 Å². The summed E-state index contributed by atoms with van der Waals surface area (Å²) in [6.45, 7) is 15.8. The highest BCUT2D eigenvalue weighted by Crippen LogP contribution is 2.39. The van der Waals surface area contributed by atoms with Crippen molar-refractivity contribution in [1.82, 2.24) is 0 Å². The minimum Gasteiger partial charge on any atom is -0.490 e. The molecule has 4 rings (SSSR count). The van der Waals surface area contributed by atoms with Crippen LogP contribution in [0.5, 0.6) is 17.2 Å². The predicted octanol–water partition coefficient (Wildman–Crippen LogP) is 7.77. The molecule has 3 unspecified atom stereocenters. The zero-order valence-corrected chi connectivity index (χ0v) is 21.6. The van der Waals surface area contributed by atoms with Gasteiger partial charge in [0, 0.05) is 0 Å². The minimum atomic E-state index is -0.385. The molecule has 3 aromatic carbocycles. The van der Waals surface area contributed by atoms with Crippen molar-refractivity contribution in [3.63, 3.8) is 0 Å². The van der Waals surface area contributed by atoms with Crippen LogP contribution in [0.1, 0.15) is 60.5 Å². The van der Waals surface area contributed by atoms with E-state index >= 15 is 0 Å². The molecular weight excluding hydrogens is 424 g/mol. The number of ether oxygens (including phenoxy) is 4. The lowest BCUT2D eigenvalue weighted by molar-refractivity contribution is -0.0232. The second-order valence-corrected chi connectivity index (χ2v) is 11.5. The van der Waals surface area contributed by atoms with Crippen molar-refractivity contribution in [1.29, 1.82) is 0 Å². The van der Waals surface area contributed by atoms with Crippen molar-refractivity contribution in [3.8, 4) is 17.2 Å². The quantitative estimate of drug-likeness (QED) is 0.359. The van der Waals surface area contributed by atoms with Gasteiger partial charge in [-0.2, -0.15) is 0 Å². The number of rotatable bonds is 7. The van der Waals surface area contributed by atoms with Crippen molar-refractivity contribution in [2.24, 2.45) is 10.8 Å². The van der Waals surface area contributed by atoms with Crippen molar-refractivity contribution in [2.75, 3.05) is 0 Å². The van der Waals surface area contributed by atoms with Gasteiger partial charge < -0.3 is 18.9 Å². The first kappa shape index (κ1) is 24.4. The summed E-state index contributed by atoms with van der Waals surface area (Å²) < 4.78 is 24.9. The normalized spacial score (nSPS) is 17.6. The number of hydrogen-bond donors (Lipinski definition) is 0. The van der Waals surface area contributed by atoms with Gasteiger partial charge in [0.2, 0.25) is 6.29 Å². The summed E-state index contributed by atoms with van der Waals surface area (Å²) in [6, 6.07) is 20.6. The molecule has 0 fully saturated rings. The summed E-state index contributed by atoms with van der Waals surface area (Å²) in [5.41, 5.74) is 1.10. The van der Waals surface area contributed by atoms with Crippen molar-refractivity contribution < 1.29 is 18.9 Å². The molecule has 34 heavy (non-hydrogen) atoms. The molecule has 0 spiro atoms. The molecular formula is C30H38O4. The largest absolute Gasteiger partial charge is 0.490 e. The zero-order chi connectivity index (χ0) is 24.5. The number of fused-ring (bicyclic) bond motifs is 2. The van der Waals surface area contributed by atoms with Gasteiger partial charge in [0.05, 0.1) is 19.1 Å². The SMILES string of the molecule is CC(OCc1ccc2c(c1)OC(CC(Oc1ccc3ccccc3c1)C(C)(C)C)O2)C(C)(C)C. The Hall–Kier alpha value is -2.72. The third-order valence-electron chi connectivity index (χ3n) is 6.62. The smallest absolute Gasteiger partial charge is 0.245 e. The Balaban J connectivity index is 1.42. The molecule has 0 saturated heterocycles. The van der Waals surface area contributed by atoms with Crippen molar-refractivity contribution in [2.45, 2.75) is 80.0 Å². The topological polar surface area (TPSA) is 36.9 Å². The maximum Gasteiger partial charge on any atom is 0.245 e. The zero-order valence-electron chi connectivity index (χ0n) is 21.6. The molecule has 0 N–H and O–H groups in total. The van der Waals surface area contributed by atoms with E-state index in [0.29, 0.717) is 13.0 Å². The predicted molar refractivity (Wildman–Crippen MR) is 138 cm³/mol. The summed E-state index contributed by atoms with van der Waals surface area (Å²) in [5.74, 6) is 2.41. The number of hydrogen-bond acceptors (Lipinski definition) is 4. The average molecular weight is 463 g/mol. The van der Waals surface area contributed by atoms with Gasteiger partial charge in [-0.15, -0.1) is 0 Å². The van der Waals surface area contributed by atoms with Crippen LogP contribution in [0.15, 0.2) is 60.7 Å². The van der Waals surface area contributed by atoms with Gasteiger partial charge in [-0.25, -0.2) is 0 Å². The second-order valence-electron chi connectivity index (χ2n) is 11.5. The maximum absolute atomic E-state index is 6.49. The second kappa shape index (κ2) is 9.50. The molecule has 182 valence electrons. The van der Waals surface area contributed by atoms with E-state index in [0.717, 1.165) is 22.8 Å². The van der Waals surface area contributed by atoms with E-state index < -0.39 is 0 Å². The van der Waals surface area contributed by atoms with E-state index in [1.165, 1.54) is 10.8 Å². The fourth-order valence-corrected chi connectivity index (χ4v) is 3.86. The van der Waals surface area contributed by atoms with Gasteiger partial charge in [0.1, 0.15) is 11.9 Å². The van der Waals surface area contributed by atoms with Crippen LogP contribution in [0, 0.1) is 10.8 Å². The molecule has 1 heterocycles. The lowest BCUT2D eigenvalue weighted by atomic mass is 9.87. The van der Waals surface area contributed by atoms with Gasteiger partial charge in [-0.1, -0.05) is 77.9 Å². The fraction of sp³-hybridized carbons (Fsp3) is 0.467. The first-order valence-electron chi connectivity index (χ1n) is 12.2. The molecule has 1 aliphatic heterocycles. The maximum atomic E-state index is 6.49. The average Bonchev–Trinajstić information content (AvgIpc) is 3.17. The Labute approximate surface area is 204 Å². The monoisotopic (exact) mass is 462 g/mol. The van der Waals surface area contributed by atoms with E-state index in [4.69, 9.17) is 18.9 Å². The van der Waals surface area contributed by atoms with E-state index in [9.17, 15) is 0 Å². The lowest BCUT2D eigenvalue weighted by Crippen LogP contribution is -2.37. The summed E-state index contributed by atoms with van der Waals surface area (Å²) in [4.78, 5) is 0. The van der Waals surface area contributed by atoms with Gasteiger partial charge in [-0.3, -0.25) is 0 Å². The summed E-state index contributed by atoms with van der Waals surface area (Å²) in [5, 5.41) is 2.38. The first-order valence-corrected chi connectivity index (χ1v) is 12.2. The molecule has 1 aliphatic rings. The Morgan fingerprint density at radius 3 is 2.21 bits per heavy atom. The van der Waals surface area contributed by atoms with Crippen LogP contribution in [-0.2, 0) is 11.3 Å². The molecule has 0 aliphatic carbocycles. The summed E-state index contributed by atoms with van der Waals surface area (Å²) in [7, 11) is 0. The van der Waals surface area contributed by atoms with Crippen LogP contribution >= 0.6 is 0 Å². The molecule has 0 bridgehead atoms. The molecule has 3 atom stereocenters. The third kappa shape index (κ3) is 5.85. The third-order valence-corrected chi connectivity index (χ3v) is 6.62. The number of benzene rings is 3. The first-order chi connectivity index (χ1) is 16.0. The van der Waals surface area contributed by atoms with Crippen LogP contribution in [-0.4, -0.2) is 18.5 Å². The summed E-state index contributed by atoms with van der Waals surface area (Å²) >= 11 is 0. The molecule has 0 aromatic heterocycles. The van der Waals surface area contributed by atoms with E-state index in [2.05, 4.69) is 78.8 Å². The van der Waals surface area contributed by atoms with Crippen LogP contribution in [0.4, 0.5) is 0 Å². The highest BCUT2D eigenvalue weighted by molar-refractivity contribution is 5.83. The molecule has 0 amide bonds.